The molecule has 230 valence electrons. The van der Waals surface area contributed by atoms with Gasteiger partial charge in [0.15, 0.2) is 0 Å². The molecule has 2 atom stereocenters. The number of fused-ring (bicyclic) bond motifs is 1. The van der Waals surface area contributed by atoms with Gasteiger partial charge in [0.1, 0.15) is 5.54 Å². The summed E-state index contributed by atoms with van der Waals surface area (Å²) < 4.78 is 0. The summed E-state index contributed by atoms with van der Waals surface area (Å²) in [6, 6.07) is 16.6. The van der Waals surface area contributed by atoms with Crippen molar-refractivity contribution in [1.29, 1.82) is 0 Å². The number of carbonyl (C=O) groups excluding carboxylic acids is 2. The summed E-state index contributed by atoms with van der Waals surface area (Å²) >= 11 is 0. The highest BCUT2D eigenvalue weighted by Crippen LogP contribution is 2.67. The first kappa shape index (κ1) is 30.1. The van der Waals surface area contributed by atoms with E-state index < -0.39 is 5.54 Å². The van der Waals surface area contributed by atoms with Gasteiger partial charge >= 0.3 is 0 Å². The second-order valence-corrected chi connectivity index (χ2v) is 14.0. The molecule has 2 aliphatic carbocycles. The van der Waals surface area contributed by atoms with E-state index in [4.69, 9.17) is 0 Å². The Balaban J connectivity index is 1.35. The van der Waals surface area contributed by atoms with Crippen LogP contribution in [-0.4, -0.2) is 32.2 Å². The molecule has 2 fully saturated rings. The fourth-order valence-corrected chi connectivity index (χ4v) is 8.21. The highest BCUT2D eigenvalue weighted by atomic mass is 16.2. The maximum atomic E-state index is 14.7. The molecule has 0 saturated heterocycles. The van der Waals surface area contributed by atoms with E-state index in [-0.39, 0.29) is 29.1 Å². The van der Waals surface area contributed by atoms with E-state index in [1.807, 2.05) is 37.1 Å². The van der Waals surface area contributed by atoms with Crippen molar-refractivity contribution in [3.63, 3.8) is 0 Å². The Kier molecular flexibility index (Phi) is 7.89. The molecule has 0 radical (unpaired) electrons. The maximum Gasteiger partial charge on any atom is 0.250 e. The lowest BCUT2D eigenvalue weighted by Crippen LogP contribution is -2.59. The van der Waals surface area contributed by atoms with E-state index in [0.717, 1.165) is 47.2 Å². The van der Waals surface area contributed by atoms with Crippen LogP contribution in [0, 0.1) is 39.0 Å². The maximum absolute atomic E-state index is 14.7. The first-order valence-electron chi connectivity index (χ1n) is 16.2. The van der Waals surface area contributed by atoms with Crippen LogP contribution < -0.4 is 5.32 Å². The molecule has 2 amide bonds. The van der Waals surface area contributed by atoms with E-state index in [0.29, 0.717) is 25.8 Å². The summed E-state index contributed by atoms with van der Waals surface area (Å²) in [6.07, 6.45) is 8.22. The summed E-state index contributed by atoms with van der Waals surface area (Å²) in [6.45, 7) is 13.3. The molecule has 2 aromatic carbocycles. The van der Waals surface area contributed by atoms with E-state index >= 15 is 0 Å². The van der Waals surface area contributed by atoms with Crippen molar-refractivity contribution < 1.29 is 9.59 Å². The van der Waals surface area contributed by atoms with E-state index in [9.17, 15) is 9.59 Å². The van der Waals surface area contributed by atoms with Crippen LogP contribution in [0.2, 0.25) is 0 Å². The molecule has 2 heterocycles. The molecule has 2 N–H and O–H groups in total. The zero-order valence-corrected chi connectivity index (χ0v) is 27.1. The molecule has 4 aromatic rings. The lowest BCUT2D eigenvalue weighted by molar-refractivity contribution is -0.149. The van der Waals surface area contributed by atoms with Gasteiger partial charge in [-0.25, -0.2) is 0 Å². The van der Waals surface area contributed by atoms with Gasteiger partial charge in [-0.2, -0.15) is 0 Å². The van der Waals surface area contributed by atoms with Crippen molar-refractivity contribution in [2.75, 3.05) is 5.32 Å². The van der Waals surface area contributed by atoms with Crippen LogP contribution in [0.3, 0.4) is 0 Å². The number of rotatable bonds is 8. The number of pyridine rings is 1. The molecular weight excluding hydrogens is 544 g/mol. The first-order valence-corrected chi connectivity index (χ1v) is 16.2. The number of hydrogen-bond acceptors (Lipinski definition) is 3. The molecule has 0 unspecified atom stereocenters. The number of carbonyl (C=O) groups is 2. The molecule has 0 bridgehead atoms. The Morgan fingerprint density at radius 2 is 1.68 bits per heavy atom. The second kappa shape index (κ2) is 11.5. The molecule has 44 heavy (non-hydrogen) atoms. The van der Waals surface area contributed by atoms with Crippen LogP contribution in [0.1, 0.15) is 91.8 Å². The zero-order valence-electron chi connectivity index (χ0n) is 27.1. The molecule has 2 saturated carbocycles. The van der Waals surface area contributed by atoms with Gasteiger partial charge in [0.25, 0.3) is 0 Å². The standard InChI is InChI=1S/C38H46N4O2/c1-24-19-25(2)35(26(3)20-24)41-36(44)38(16-10-7-11-17-38)42(23-28-13-12-18-39-22-28)32(43)21-30-34(37(30,5)6)33-27(4)40-31-15-9-8-14-29(31)33/h8-9,12-15,18-20,22,30,34,40H,7,10-11,16-17,21,23H2,1-6H3,(H,41,44)/t30-,34+/m1/s1. The fourth-order valence-electron chi connectivity index (χ4n) is 8.21. The number of aryl methyl sites for hydroxylation is 4. The molecule has 0 aliphatic heterocycles. The number of benzene rings is 2. The highest BCUT2D eigenvalue weighted by Gasteiger charge is 2.60. The number of amides is 2. The Labute approximate surface area is 261 Å². The minimum Gasteiger partial charge on any atom is -0.358 e. The number of H-pyrrole nitrogens is 1. The predicted octanol–water partition coefficient (Wildman–Crippen LogP) is 8.30. The summed E-state index contributed by atoms with van der Waals surface area (Å²) in [5, 5.41) is 4.58. The number of aromatic amines is 1. The van der Waals surface area contributed by atoms with Crippen molar-refractivity contribution >= 4 is 28.4 Å². The number of hydrogen-bond donors (Lipinski definition) is 2. The molecule has 6 heteroatoms. The smallest absolute Gasteiger partial charge is 0.250 e. The minimum absolute atomic E-state index is 0.0243. The molecule has 6 nitrogen and oxygen atoms in total. The SMILES string of the molecule is Cc1cc(C)c(NC(=O)C2(N(Cc3cccnc3)C(=O)C[C@@H]3[C@@H](c4c(C)[nH]c5ccccc45)C3(C)C)CCCCC2)c(C)c1. The Hall–Kier alpha value is -3.93. The lowest BCUT2D eigenvalue weighted by atomic mass is 9.78. The van der Waals surface area contributed by atoms with E-state index in [1.165, 1.54) is 22.2 Å². The normalized spacial score (nSPS) is 20.3. The molecule has 0 spiro atoms. The Bertz CT molecular complexity index is 1670. The number of para-hydroxylation sites is 1. The van der Waals surface area contributed by atoms with E-state index in [2.05, 4.69) is 79.4 Å². The average molecular weight is 591 g/mol. The van der Waals surface area contributed by atoms with Crippen LogP contribution >= 0.6 is 0 Å². The summed E-state index contributed by atoms with van der Waals surface area (Å²) in [5.74, 6) is 0.455. The second-order valence-electron chi connectivity index (χ2n) is 14.0. The van der Waals surface area contributed by atoms with Crippen LogP contribution in [0.25, 0.3) is 10.9 Å². The van der Waals surface area contributed by atoms with Gasteiger partial charge in [-0.15, -0.1) is 0 Å². The average Bonchev–Trinajstić information content (AvgIpc) is 3.34. The quantitative estimate of drug-likeness (QED) is 0.217. The van der Waals surface area contributed by atoms with Crippen LogP contribution in [0.5, 0.6) is 0 Å². The van der Waals surface area contributed by atoms with Crippen LogP contribution in [0.4, 0.5) is 5.69 Å². The summed E-state index contributed by atoms with van der Waals surface area (Å²) in [4.78, 5) is 39.1. The third kappa shape index (κ3) is 5.33. The Morgan fingerprint density at radius 3 is 2.36 bits per heavy atom. The van der Waals surface area contributed by atoms with Gasteiger partial charge < -0.3 is 15.2 Å². The predicted molar refractivity (Wildman–Crippen MR) is 178 cm³/mol. The van der Waals surface area contributed by atoms with Gasteiger partial charge in [0, 0.05) is 47.6 Å². The number of anilines is 1. The fraction of sp³-hybridized carbons (Fsp3) is 0.447. The first-order chi connectivity index (χ1) is 21.0. The topological polar surface area (TPSA) is 78.1 Å². The number of nitrogens with one attached hydrogen (secondary N) is 2. The van der Waals surface area contributed by atoms with Gasteiger partial charge in [-0.3, -0.25) is 14.6 Å². The van der Waals surface area contributed by atoms with Crippen molar-refractivity contribution in [1.82, 2.24) is 14.9 Å². The van der Waals surface area contributed by atoms with Gasteiger partial charge in [0.2, 0.25) is 11.8 Å². The zero-order chi connectivity index (χ0) is 31.2. The third-order valence-electron chi connectivity index (χ3n) is 10.6. The van der Waals surface area contributed by atoms with Gasteiger partial charge in [0.05, 0.1) is 0 Å². The minimum atomic E-state index is -0.916. The number of aromatic nitrogens is 2. The highest BCUT2D eigenvalue weighted by molar-refractivity contribution is 6.01. The van der Waals surface area contributed by atoms with Crippen LogP contribution in [-0.2, 0) is 16.1 Å². The monoisotopic (exact) mass is 590 g/mol. The van der Waals surface area contributed by atoms with Gasteiger partial charge in [-0.1, -0.05) is 75.1 Å². The molecular formula is C38H46N4O2. The summed E-state index contributed by atoms with van der Waals surface area (Å²) in [5.41, 5.74) is 7.78. The molecule has 6 rings (SSSR count). The summed E-state index contributed by atoms with van der Waals surface area (Å²) in [7, 11) is 0. The number of nitrogens with zero attached hydrogens (tertiary/aromatic N) is 2. The van der Waals surface area contributed by atoms with Crippen molar-refractivity contribution in [3.05, 3.63) is 94.4 Å². The van der Waals surface area contributed by atoms with Crippen molar-refractivity contribution in [3.8, 4) is 0 Å². The third-order valence-corrected chi connectivity index (χ3v) is 10.6. The van der Waals surface area contributed by atoms with E-state index in [1.54, 1.807) is 6.20 Å². The van der Waals surface area contributed by atoms with Crippen molar-refractivity contribution in [2.24, 2.45) is 11.3 Å². The van der Waals surface area contributed by atoms with Crippen molar-refractivity contribution in [2.45, 2.75) is 98.1 Å². The molecule has 2 aromatic heterocycles. The molecule has 2 aliphatic rings. The lowest BCUT2D eigenvalue weighted by Gasteiger charge is -2.45. The van der Waals surface area contributed by atoms with Crippen LogP contribution in [0.15, 0.2) is 60.9 Å². The Morgan fingerprint density at radius 1 is 0.977 bits per heavy atom. The van der Waals surface area contributed by atoms with Gasteiger partial charge in [-0.05, 0) is 92.2 Å². The largest absolute Gasteiger partial charge is 0.358 e.